The number of likely N-dealkylation sites (tertiary alicyclic amines) is 1. The predicted molar refractivity (Wildman–Crippen MR) is 179 cm³/mol. The van der Waals surface area contributed by atoms with Gasteiger partial charge in [0.15, 0.2) is 5.82 Å². The third-order valence-corrected chi connectivity index (χ3v) is 10.3. The summed E-state index contributed by atoms with van der Waals surface area (Å²) in [4.78, 5) is 22.7. The van der Waals surface area contributed by atoms with Gasteiger partial charge in [0.1, 0.15) is 11.9 Å². The number of carboxylic acid groups (broad SMARTS) is 1. The Hall–Kier alpha value is -4.32. The molecule has 3 aromatic rings. The first kappa shape index (κ1) is 31.3. The highest BCUT2D eigenvalue weighted by Crippen LogP contribution is 2.40. The molecular weight excluding hydrogens is 598 g/mol. The number of benzene rings is 1. The van der Waals surface area contributed by atoms with E-state index in [4.69, 9.17) is 15.2 Å². The average molecular weight is 644 g/mol. The van der Waals surface area contributed by atoms with Crippen LogP contribution in [-0.2, 0) is 4.74 Å². The van der Waals surface area contributed by atoms with Crippen LogP contribution in [-0.4, -0.2) is 92.5 Å². The van der Waals surface area contributed by atoms with E-state index in [0.717, 1.165) is 63.0 Å². The van der Waals surface area contributed by atoms with E-state index in [-0.39, 0.29) is 35.5 Å². The van der Waals surface area contributed by atoms with Crippen molar-refractivity contribution >= 4 is 23.3 Å². The number of pyridine rings is 1. The van der Waals surface area contributed by atoms with Crippen molar-refractivity contribution in [3.63, 3.8) is 0 Å². The van der Waals surface area contributed by atoms with Gasteiger partial charge >= 0.3 is 6.09 Å². The van der Waals surface area contributed by atoms with Crippen molar-refractivity contribution in [3.05, 3.63) is 48.7 Å². The lowest BCUT2D eigenvalue weighted by atomic mass is 9.79. The van der Waals surface area contributed by atoms with E-state index in [0.29, 0.717) is 41.6 Å². The van der Waals surface area contributed by atoms with Crippen LogP contribution in [0.4, 0.5) is 22.0 Å². The van der Waals surface area contributed by atoms with E-state index in [9.17, 15) is 15.0 Å². The number of fused-ring (bicyclic) bond motifs is 2. The molecule has 3 aliphatic heterocycles. The summed E-state index contributed by atoms with van der Waals surface area (Å²) in [6, 6.07) is 13.7. The summed E-state index contributed by atoms with van der Waals surface area (Å²) in [6.45, 7) is 8.40. The average Bonchev–Trinajstić information content (AvgIpc) is 3.29. The summed E-state index contributed by atoms with van der Waals surface area (Å²) in [5.74, 6) is 1.18. The Morgan fingerprint density at radius 2 is 1.70 bits per heavy atom. The molecule has 47 heavy (non-hydrogen) atoms. The highest BCUT2D eigenvalue weighted by atomic mass is 16.5. The number of nitrogen functional groups attached to an aromatic ring is 1. The van der Waals surface area contributed by atoms with Crippen molar-refractivity contribution in [1.82, 2.24) is 20.1 Å². The number of hydrogen-bond acceptors (Lipinski definition) is 10. The molecule has 0 radical (unpaired) electrons. The molecule has 5 heterocycles. The Morgan fingerprint density at radius 3 is 2.40 bits per heavy atom. The minimum atomic E-state index is -0.847. The Labute approximate surface area is 275 Å². The van der Waals surface area contributed by atoms with Gasteiger partial charge < -0.3 is 40.1 Å². The van der Waals surface area contributed by atoms with Gasteiger partial charge in [-0.25, -0.2) is 9.78 Å². The van der Waals surface area contributed by atoms with E-state index >= 15 is 0 Å². The number of ether oxygens (including phenoxy) is 2. The van der Waals surface area contributed by atoms with Crippen LogP contribution in [0.2, 0.25) is 0 Å². The molecule has 4 aliphatic rings. The number of nitrogens with zero attached hydrogens (tertiary/aromatic N) is 6. The number of aromatic hydroxyl groups is 1. The molecule has 1 saturated carbocycles. The number of para-hydroxylation sites is 1. The molecule has 2 aromatic heterocycles. The summed E-state index contributed by atoms with van der Waals surface area (Å²) < 4.78 is 12.8. The molecule has 4 unspecified atom stereocenters. The van der Waals surface area contributed by atoms with E-state index in [1.807, 2.05) is 24.4 Å². The maximum Gasteiger partial charge on any atom is 0.407 e. The van der Waals surface area contributed by atoms with Crippen molar-refractivity contribution in [2.45, 2.75) is 95.7 Å². The molecule has 1 aliphatic carbocycles. The standard InChI is InChI=1S/C35H45N7O5/c1-35(2,3)31-17-24(11-13-41(31)34(44)45)46-25-15-26(16-25)47-32-14-21(10-12-37-32)42-22-8-9-23(42)20-40(19-22)29-18-28(38-39-33(29)36)27-6-4-5-7-30(27)43/h4-7,10,12,14,18,22-26,31,43H,8-9,11,13,15-17,19-20H2,1-3H3,(H2,36,39)(H,44,45). The molecule has 4 N–H and O–H groups in total. The second kappa shape index (κ2) is 12.4. The first-order chi connectivity index (χ1) is 22.5. The number of phenols is 1. The molecule has 1 amide bonds. The van der Waals surface area contributed by atoms with Crippen LogP contribution in [0.25, 0.3) is 11.3 Å². The van der Waals surface area contributed by atoms with Gasteiger partial charge in [-0.2, -0.15) is 0 Å². The third-order valence-electron chi connectivity index (χ3n) is 10.3. The van der Waals surface area contributed by atoms with E-state index in [1.165, 1.54) is 0 Å². The number of hydrogen-bond donors (Lipinski definition) is 3. The van der Waals surface area contributed by atoms with Crippen molar-refractivity contribution in [1.29, 1.82) is 0 Å². The summed E-state index contributed by atoms with van der Waals surface area (Å²) >= 11 is 0. The summed E-state index contributed by atoms with van der Waals surface area (Å²) in [5.41, 5.74) is 9.37. The molecule has 2 bridgehead atoms. The lowest BCUT2D eigenvalue weighted by Gasteiger charge is -2.46. The van der Waals surface area contributed by atoms with Gasteiger partial charge in [-0.3, -0.25) is 0 Å². The number of phenolic OH excluding ortho intramolecular Hbond substituents is 1. The molecule has 4 fully saturated rings. The van der Waals surface area contributed by atoms with Crippen molar-refractivity contribution in [2.24, 2.45) is 5.41 Å². The summed E-state index contributed by atoms with van der Waals surface area (Å²) in [5, 5.41) is 28.5. The fourth-order valence-electron chi connectivity index (χ4n) is 7.89. The fourth-order valence-corrected chi connectivity index (χ4v) is 7.89. The van der Waals surface area contributed by atoms with Crippen LogP contribution in [0.15, 0.2) is 48.7 Å². The molecular formula is C35H45N7O5. The van der Waals surface area contributed by atoms with E-state index in [2.05, 4.69) is 57.9 Å². The van der Waals surface area contributed by atoms with Crippen molar-refractivity contribution in [3.8, 4) is 22.9 Å². The highest BCUT2D eigenvalue weighted by molar-refractivity contribution is 5.74. The zero-order valence-corrected chi connectivity index (χ0v) is 27.3. The van der Waals surface area contributed by atoms with Crippen LogP contribution in [0.5, 0.6) is 11.6 Å². The van der Waals surface area contributed by atoms with Crippen LogP contribution in [0.1, 0.15) is 59.3 Å². The highest BCUT2D eigenvalue weighted by Gasteiger charge is 2.43. The minimum absolute atomic E-state index is 0.0502. The molecule has 12 nitrogen and oxygen atoms in total. The van der Waals surface area contributed by atoms with Crippen LogP contribution in [0, 0.1) is 5.41 Å². The Bertz CT molecular complexity index is 1600. The number of aromatic nitrogens is 3. The lowest BCUT2D eigenvalue weighted by Crippen LogP contribution is -2.54. The van der Waals surface area contributed by atoms with Gasteiger partial charge in [0, 0.05) is 74.1 Å². The second-order valence-electron chi connectivity index (χ2n) is 14.5. The van der Waals surface area contributed by atoms with Gasteiger partial charge in [0.25, 0.3) is 0 Å². The molecule has 7 rings (SSSR count). The van der Waals surface area contributed by atoms with E-state index < -0.39 is 6.09 Å². The Kier molecular flexibility index (Phi) is 8.23. The first-order valence-corrected chi connectivity index (χ1v) is 16.8. The van der Waals surface area contributed by atoms with E-state index in [1.54, 1.807) is 17.0 Å². The zero-order valence-electron chi connectivity index (χ0n) is 27.3. The number of piperazine rings is 1. The number of carbonyl (C=O) groups is 1. The number of nitrogens with two attached hydrogens (primary N) is 1. The maximum atomic E-state index is 11.8. The molecule has 4 atom stereocenters. The maximum absolute atomic E-state index is 11.8. The van der Waals surface area contributed by atoms with Gasteiger partial charge in [0.2, 0.25) is 5.88 Å². The largest absolute Gasteiger partial charge is 0.507 e. The smallest absolute Gasteiger partial charge is 0.407 e. The lowest BCUT2D eigenvalue weighted by molar-refractivity contribution is -0.122. The van der Waals surface area contributed by atoms with Crippen molar-refractivity contribution < 1.29 is 24.5 Å². The normalized spacial score (nSPS) is 27.4. The third kappa shape index (κ3) is 6.35. The zero-order chi connectivity index (χ0) is 32.9. The number of rotatable bonds is 7. The number of piperidine rings is 1. The molecule has 250 valence electrons. The molecule has 1 aromatic carbocycles. The van der Waals surface area contributed by atoms with Crippen molar-refractivity contribution in [2.75, 3.05) is 35.2 Å². The number of amides is 1. The Morgan fingerprint density at radius 1 is 0.957 bits per heavy atom. The first-order valence-electron chi connectivity index (χ1n) is 16.8. The monoisotopic (exact) mass is 643 g/mol. The van der Waals surface area contributed by atoms with Crippen LogP contribution in [0.3, 0.4) is 0 Å². The topological polar surface area (TPSA) is 150 Å². The van der Waals surface area contributed by atoms with Crippen LogP contribution < -0.4 is 20.3 Å². The van der Waals surface area contributed by atoms with Gasteiger partial charge in [-0.1, -0.05) is 32.9 Å². The predicted octanol–water partition coefficient (Wildman–Crippen LogP) is 5.17. The second-order valence-corrected chi connectivity index (χ2v) is 14.5. The molecule has 3 saturated heterocycles. The fraction of sp³-hybridized carbons (Fsp3) is 0.543. The van der Waals surface area contributed by atoms with Crippen LogP contribution >= 0.6 is 0 Å². The number of anilines is 3. The summed E-state index contributed by atoms with van der Waals surface area (Å²) in [6.07, 6.45) is 6.42. The van der Waals surface area contributed by atoms with Gasteiger partial charge in [0.05, 0.1) is 23.6 Å². The minimum Gasteiger partial charge on any atom is -0.507 e. The van der Waals surface area contributed by atoms with Gasteiger partial charge in [-0.05, 0) is 55.4 Å². The SMILES string of the molecule is CC(C)(C)C1CC(OC2CC(Oc3cc(N4C5CCC4CN(c4cc(-c6ccccc6O)nnc4N)C5)ccn3)C2)CCN1C(=O)O. The quantitative estimate of drug-likeness (QED) is 0.313. The van der Waals surface area contributed by atoms with Gasteiger partial charge in [-0.15, -0.1) is 10.2 Å². The Balaban J connectivity index is 0.955. The summed E-state index contributed by atoms with van der Waals surface area (Å²) in [7, 11) is 0. The molecule has 12 heteroatoms. The molecule has 0 spiro atoms.